The van der Waals surface area contributed by atoms with Gasteiger partial charge in [-0.25, -0.2) is 4.57 Å². The number of hydrogen-bond acceptors (Lipinski definition) is 3. The summed E-state index contributed by atoms with van der Waals surface area (Å²) < 4.78 is 182. The molecule has 0 fully saturated rings. The molecule has 0 aliphatic carbocycles. The lowest BCUT2D eigenvalue weighted by atomic mass is 9.84. The maximum atomic E-state index is 15.7. The lowest BCUT2D eigenvalue weighted by molar-refractivity contribution is -0.138. The molecule has 0 saturated heterocycles. The van der Waals surface area contributed by atoms with Crippen LogP contribution >= 0.6 is 0 Å². The number of fused-ring (bicyclic) bond motifs is 2. The SMILES string of the molecule is CC(C)c1cc(C(C)C)c(-n2c(=O)c3cc(-c4cccc(C(F)(F)F)c4)c4oc5cc(-c6cccc(C(F)(F)F)c6)c(-c6cccc(C(F)(F)F)c6)cc5c5c(-c6cccc(C(F)(F)F)c6)cc(c2=O)c3c45)c(C(C)C)c1. The van der Waals surface area contributed by atoms with Crippen LogP contribution in [0.2, 0.25) is 0 Å². The van der Waals surface area contributed by atoms with Crippen molar-refractivity contribution in [3.63, 3.8) is 0 Å². The Balaban J connectivity index is 1.49. The van der Waals surface area contributed by atoms with E-state index in [0.29, 0.717) is 11.1 Å². The van der Waals surface area contributed by atoms with E-state index in [9.17, 15) is 52.7 Å². The number of hydrogen-bond donors (Lipinski definition) is 0. The Morgan fingerprint density at radius 1 is 0.390 bits per heavy atom. The Labute approximate surface area is 431 Å². The van der Waals surface area contributed by atoms with Gasteiger partial charge in [-0.2, -0.15) is 52.7 Å². The summed E-state index contributed by atoms with van der Waals surface area (Å²) in [7, 11) is 0. The second-order valence-corrected chi connectivity index (χ2v) is 20.2. The molecule has 394 valence electrons. The van der Waals surface area contributed by atoms with Gasteiger partial charge in [0, 0.05) is 37.9 Å². The fraction of sp³-hybridized carbons (Fsp3) is 0.213. The standard InChI is InChI=1S/C61H43F12NO3/c1-29(2)36-23-41(30(3)4)54(42(24-36)31(5)6)74-56(75)48-26-45(34-13-9-17-39(21-34)60(68,69)70)51-47-25-43(32-11-7-15-37(19-32)58(62,63)64)44(33-12-8-16-38(20-33)59(65,66)67)28-50(47)77-55-46(27-49(57(74)76)52(48)53(51)55)35-14-10-18-40(22-35)61(71,72)73/h7-31H,1-6H3. The molecule has 0 saturated carbocycles. The molecule has 0 aliphatic heterocycles. The maximum Gasteiger partial charge on any atom is 0.416 e. The molecule has 2 aromatic heterocycles. The first-order valence-corrected chi connectivity index (χ1v) is 24.3. The van der Waals surface area contributed by atoms with E-state index >= 15 is 9.59 Å². The van der Waals surface area contributed by atoms with Gasteiger partial charge in [0.2, 0.25) is 0 Å². The van der Waals surface area contributed by atoms with Gasteiger partial charge in [0.25, 0.3) is 11.1 Å². The molecule has 0 radical (unpaired) electrons. The van der Waals surface area contributed by atoms with Crippen LogP contribution in [0, 0.1) is 0 Å². The summed E-state index contributed by atoms with van der Waals surface area (Å²) in [5.74, 6) is -0.583. The second-order valence-electron chi connectivity index (χ2n) is 20.2. The van der Waals surface area contributed by atoms with Gasteiger partial charge in [-0.3, -0.25) is 9.59 Å². The van der Waals surface area contributed by atoms with Crippen molar-refractivity contribution in [3.8, 4) is 50.2 Å². The Hall–Kier alpha value is -7.88. The molecule has 10 rings (SSSR count). The monoisotopic (exact) mass is 1070 g/mol. The quantitative estimate of drug-likeness (QED) is 0.0866. The van der Waals surface area contributed by atoms with Crippen LogP contribution in [-0.4, -0.2) is 4.57 Å². The molecule has 10 aromatic rings. The summed E-state index contributed by atoms with van der Waals surface area (Å²) in [5.41, 5.74) is -5.42. The summed E-state index contributed by atoms with van der Waals surface area (Å²) in [6, 6.07) is 25.0. The maximum absolute atomic E-state index is 15.7. The molecule has 0 bridgehead atoms. The van der Waals surface area contributed by atoms with Gasteiger partial charge < -0.3 is 4.42 Å². The van der Waals surface area contributed by atoms with E-state index in [1.807, 2.05) is 53.7 Å². The normalized spacial score (nSPS) is 13.0. The first-order chi connectivity index (χ1) is 36.0. The number of aromatic nitrogens is 1. The zero-order valence-corrected chi connectivity index (χ0v) is 41.6. The van der Waals surface area contributed by atoms with E-state index in [2.05, 4.69) is 0 Å². The Morgan fingerprint density at radius 2 is 0.753 bits per heavy atom. The third-order valence-electron chi connectivity index (χ3n) is 14.2. The van der Waals surface area contributed by atoms with Gasteiger partial charge in [-0.05, 0) is 146 Å². The van der Waals surface area contributed by atoms with E-state index in [4.69, 9.17) is 4.42 Å². The van der Waals surface area contributed by atoms with Crippen molar-refractivity contribution in [2.45, 2.75) is 84.0 Å². The van der Waals surface area contributed by atoms with Crippen LogP contribution in [0.15, 0.2) is 147 Å². The highest BCUT2D eigenvalue weighted by atomic mass is 19.4. The highest BCUT2D eigenvalue weighted by Crippen LogP contribution is 2.50. The lowest BCUT2D eigenvalue weighted by Gasteiger charge is -2.25. The van der Waals surface area contributed by atoms with Crippen molar-refractivity contribution in [2.75, 3.05) is 0 Å². The minimum absolute atomic E-state index is 0.00631. The molecule has 16 heteroatoms. The van der Waals surface area contributed by atoms with E-state index in [1.165, 1.54) is 48.5 Å². The van der Waals surface area contributed by atoms with Crippen LogP contribution in [0.4, 0.5) is 52.7 Å². The number of halogens is 12. The predicted octanol–water partition coefficient (Wildman–Crippen LogP) is 19.0. The lowest BCUT2D eigenvalue weighted by Crippen LogP contribution is -2.34. The van der Waals surface area contributed by atoms with Crippen LogP contribution in [-0.2, 0) is 24.7 Å². The van der Waals surface area contributed by atoms with Crippen molar-refractivity contribution >= 4 is 43.5 Å². The van der Waals surface area contributed by atoms with Gasteiger partial charge >= 0.3 is 24.7 Å². The largest absolute Gasteiger partial charge is 0.455 e. The highest BCUT2D eigenvalue weighted by molar-refractivity contribution is 6.32. The number of alkyl halides is 12. The highest BCUT2D eigenvalue weighted by Gasteiger charge is 2.36. The van der Waals surface area contributed by atoms with Crippen molar-refractivity contribution < 1.29 is 57.1 Å². The molecule has 0 aliphatic rings. The zero-order chi connectivity index (χ0) is 55.6. The molecule has 8 aromatic carbocycles. The van der Waals surface area contributed by atoms with Crippen LogP contribution in [0.1, 0.15) is 98.2 Å². The smallest absolute Gasteiger partial charge is 0.416 e. The van der Waals surface area contributed by atoms with Crippen LogP contribution in [0.25, 0.3) is 93.7 Å². The third kappa shape index (κ3) is 9.18. The summed E-state index contributed by atoms with van der Waals surface area (Å²) in [5, 5.41) is -0.700. The molecule has 0 N–H and O–H groups in total. The Morgan fingerprint density at radius 3 is 1.14 bits per heavy atom. The average Bonchev–Trinajstić information content (AvgIpc) is 3.48. The first kappa shape index (κ1) is 52.6. The fourth-order valence-electron chi connectivity index (χ4n) is 10.4. The van der Waals surface area contributed by atoms with Crippen molar-refractivity contribution in [1.82, 2.24) is 4.57 Å². The van der Waals surface area contributed by atoms with Crippen LogP contribution < -0.4 is 11.1 Å². The molecule has 77 heavy (non-hydrogen) atoms. The molecule has 0 unspecified atom stereocenters. The summed E-state index contributed by atoms with van der Waals surface area (Å²) in [4.78, 5) is 31.4. The summed E-state index contributed by atoms with van der Waals surface area (Å²) in [6.45, 7) is 11.5. The molecule has 0 spiro atoms. The molecular formula is C61H43F12NO3. The number of benzene rings is 8. The van der Waals surface area contributed by atoms with Gasteiger partial charge in [0.15, 0.2) is 0 Å². The summed E-state index contributed by atoms with van der Waals surface area (Å²) >= 11 is 0. The zero-order valence-electron chi connectivity index (χ0n) is 41.6. The van der Waals surface area contributed by atoms with Crippen LogP contribution in [0.3, 0.4) is 0 Å². The van der Waals surface area contributed by atoms with Gasteiger partial charge in [0.1, 0.15) is 11.2 Å². The van der Waals surface area contributed by atoms with Crippen molar-refractivity contribution in [2.24, 2.45) is 0 Å². The van der Waals surface area contributed by atoms with E-state index < -0.39 is 58.1 Å². The van der Waals surface area contributed by atoms with E-state index in [1.54, 1.807) is 0 Å². The third-order valence-corrected chi connectivity index (χ3v) is 14.2. The summed E-state index contributed by atoms with van der Waals surface area (Å²) in [6.07, 6.45) is -19.6. The van der Waals surface area contributed by atoms with Crippen molar-refractivity contribution in [3.05, 3.63) is 193 Å². The van der Waals surface area contributed by atoms with Gasteiger partial charge in [0.05, 0.1) is 27.9 Å². The van der Waals surface area contributed by atoms with E-state index in [-0.39, 0.29) is 111 Å². The topological polar surface area (TPSA) is 52.2 Å². The molecule has 4 nitrogen and oxygen atoms in total. The minimum Gasteiger partial charge on any atom is -0.455 e. The molecular weight excluding hydrogens is 1020 g/mol. The molecule has 0 atom stereocenters. The second kappa shape index (κ2) is 18.4. The minimum atomic E-state index is -4.92. The number of rotatable bonds is 8. The first-order valence-electron chi connectivity index (χ1n) is 24.3. The van der Waals surface area contributed by atoms with E-state index in [0.717, 1.165) is 82.9 Å². The van der Waals surface area contributed by atoms with Gasteiger partial charge in [-0.1, -0.05) is 102 Å². The predicted molar refractivity (Wildman–Crippen MR) is 276 cm³/mol. The fourth-order valence-corrected chi connectivity index (χ4v) is 10.4. The number of pyridine rings is 1. The average molecular weight is 1070 g/mol. The van der Waals surface area contributed by atoms with Crippen molar-refractivity contribution in [1.29, 1.82) is 0 Å². The Bertz CT molecular complexity index is 4070. The van der Waals surface area contributed by atoms with Crippen LogP contribution in [0.5, 0.6) is 0 Å². The Kier molecular flexibility index (Phi) is 12.6. The van der Waals surface area contributed by atoms with Gasteiger partial charge in [-0.15, -0.1) is 0 Å². The molecule has 0 amide bonds. The molecule has 2 heterocycles. The number of nitrogens with zero attached hydrogens (tertiary/aromatic N) is 1.